The van der Waals surface area contributed by atoms with Crippen LogP contribution in [0.1, 0.15) is 28.7 Å². The molecule has 0 saturated carbocycles. The number of benzene rings is 4. The van der Waals surface area contributed by atoms with Crippen LogP contribution in [-0.4, -0.2) is 64.2 Å². The lowest BCUT2D eigenvalue weighted by atomic mass is 9.72. The van der Waals surface area contributed by atoms with Gasteiger partial charge in [-0.1, -0.05) is 121 Å². The number of likely N-dealkylation sites (tertiary alicyclic amines) is 1. The smallest absolute Gasteiger partial charge is 0.241 e. The second kappa shape index (κ2) is 11.1. The maximum Gasteiger partial charge on any atom is 0.241 e. The third-order valence-electron chi connectivity index (χ3n) is 8.32. The highest BCUT2D eigenvalue weighted by molar-refractivity contribution is 5.84. The van der Waals surface area contributed by atoms with Gasteiger partial charge in [-0.3, -0.25) is 14.6 Å². The Hall–Kier alpha value is -3.77. The van der Waals surface area contributed by atoms with Crippen LogP contribution in [0.15, 0.2) is 121 Å². The number of nitrogens with zero attached hydrogens (tertiary/aromatic N) is 3. The van der Waals surface area contributed by atoms with Gasteiger partial charge in [0.25, 0.3) is 0 Å². The number of amides is 1. The van der Waals surface area contributed by atoms with Crippen LogP contribution in [0.25, 0.3) is 0 Å². The Morgan fingerprint density at radius 2 is 1.23 bits per heavy atom. The molecule has 0 aromatic heterocycles. The van der Waals surface area contributed by atoms with E-state index in [0.717, 1.165) is 36.2 Å². The highest BCUT2D eigenvalue weighted by Crippen LogP contribution is 2.47. The predicted molar refractivity (Wildman–Crippen MR) is 154 cm³/mol. The zero-order valence-corrected chi connectivity index (χ0v) is 22.1. The van der Waals surface area contributed by atoms with Crippen molar-refractivity contribution < 1.29 is 9.90 Å². The van der Waals surface area contributed by atoms with Crippen molar-refractivity contribution in [3.63, 3.8) is 0 Å². The second-order valence-corrected chi connectivity index (χ2v) is 10.6. The second-order valence-electron chi connectivity index (χ2n) is 10.6. The molecule has 5 heteroatoms. The van der Waals surface area contributed by atoms with Gasteiger partial charge in [0.2, 0.25) is 5.91 Å². The van der Waals surface area contributed by atoms with Crippen molar-refractivity contribution in [2.75, 3.05) is 26.4 Å². The molecule has 0 radical (unpaired) electrons. The summed E-state index contributed by atoms with van der Waals surface area (Å²) in [6, 6.07) is 41.5. The van der Waals surface area contributed by atoms with Crippen LogP contribution in [0, 0.1) is 0 Å². The maximum atomic E-state index is 14.3. The molecule has 198 valence electrons. The number of rotatable bonds is 8. The van der Waals surface area contributed by atoms with Gasteiger partial charge >= 0.3 is 0 Å². The van der Waals surface area contributed by atoms with E-state index in [2.05, 4.69) is 94.7 Å². The first-order valence-corrected chi connectivity index (χ1v) is 13.8. The summed E-state index contributed by atoms with van der Waals surface area (Å²) in [4.78, 5) is 20.8. The van der Waals surface area contributed by atoms with Crippen LogP contribution < -0.4 is 0 Å². The molecule has 4 aromatic carbocycles. The van der Waals surface area contributed by atoms with E-state index in [1.54, 1.807) is 0 Å². The third kappa shape index (κ3) is 4.67. The number of carbonyl (C=O) groups is 1. The Labute approximate surface area is 230 Å². The number of carbonyl (C=O) groups excluding carboxylic acids is 1. The molecule has 4 aromatic rings. The number of hydrogen-bond acceptors (Lipinski definition) is 4. The highest BCUT2D eigenvalue weighted by atomic mass is 16.3. The van der Waals surface area contributed by atoms with Gasteiger partial charge in [-0.2, -0.15) is 0 Å². The van der Waals surface area contributed by atoms with Gasteiger partial charge in [0.05, 0.1) is 30.9 Å². The Bertz CT molecular complexity index is 1270. The molecule has 39 heavy (non-hydrogen) atoms. The summed E-state index contributed by atoms with van der Waals surface area (Å²) in [7, 11) is 0. The van der Waals surface area contributed by atoms with Gasteiger partial charge < -0.3 is 10.0 Å². The molecule has 1 N–H and O–H groups in total. The number of aliphatic hydroxyl groups excluding tert-OH is 1. The molecule has 5 nitrogen and oxygen atoms in total. The fourth-order valence-electron chi connectivity index (χ4n) is 6.42. The van der Waals surface area contributed by atoms with Crippen molar-refractivity contribution >= 4 is 5.91 Å². The van der Waals surface area contributed by atoms with E-state index in [1.807, 2.05) is 41.3 Å². The molecule has 2 atom stereocenters. The fourth-order valence-corrected chi connectivity index (χ4v) is 6.42. The zero-order valence-electron chi connectivity index (χ0n) is 22.1. The molecular formula is C34H35N3O2. The zero-order chi connectivity index (χ0) is 26.7. The average molecular weight is 518 g/mol. The summed E-state index contributed by atoms with van der Waals surface area (Å²) >= 11 is 0. The summed E-state index contributed by atoms with van der Waals surface area (Å²) < 4.78 is 0. The molecule has 2 fully saturated rings. The van der Waals surface area contributed by atoms with Crippen LogP contribution in [-0.2, 0) is 16.9 Å². The lowest BCUT2D eigenvalue weighted by Crippen LogP contribution is -2.65. The first-order chi connectivity index (χ1) is 19.2. The third-order valence-corrected chi connectivity index (χ3v) is 8.32. The number of aliphatic hydroxyl groups is 1. The average Bonchev–Trinajstić information content (AvgIpc) is 3.40. The van der Waals surface area contributed by atoms with Crippen LogP contribution in [0.3, 0.4) is 0 Å². The molecule has 2 aliphatic rings. The van der Waals surface area contributed by atoms with Gasteiger partial charge in [-0.15, -0.1) is 0 Å². The molecule has 2 aliphatic heterocycles. The highest BCUT2D eigenvalue weighted by Gasteiger charge is 2.52. The summed E-state index contributed by atoms with van der Waals surface area (Å²) in [5.41, 5.74) is 4.03. The van der Waals surface area contributed by atoms with Crippen molar-refractivity contribution in [2.24, 2.45) is 0 Å². The quantitative estimate of drug-likeness (QED) is 0.344. The summed E-state index contributed by atoms with van der Waals surface area (Å²) in [5, 5.41) is 10.3. The Balaban J connectivity index is 1.37. The SMILES string of the molecule is O=C([C@H]1CCN1C(c1ccccc1)(c1ccccc1)c1ccccc1)N1CN(Cc2ccccc2)C[C@@H]1CO. The summed E-state index contributed by atoms with van der Waals surface area (Å²) in [5.74, 6) is 0.100. The molecule has 2 saturated heterocycles. The molecule has 1 amide bonds. The topological polar surface area (TPSA) is 47.0 Å². The van der Waals surface area contributed by atoms with Crippen molar-refractivity contribution in [1.29, 1.82) is 0 Å². The lowest BCUT2D eigenvalue weighted by molar-refractivity contribution is -0.147. The van der Waals surface area contributed by atoms with Crippen LogP contribution in [0.5, 0.6) is 0 Å². The van der Waals surface area contributed by atoms with Crippen molar-refractivity contribution in [2.45, 2.75) is 30.6 Å². The minimum Gasteiger partial charge on any atom is -0.394 e. The lowest BCUT2D eigenvalue weighted by Gasteiger charge is -2.54. The first kappa shape index (κ1) is 25.5. The molecule has 0 aliphatic carbocycles. The first-order valence-electron chi connectivity index (χ1n) is 13.8. The fraction of sp³-hybridized carbons (Fsp3) is 0.265. The molecule has 0 unspecified atom stereocenters. The molecule has 2 heterocycles. The van der Waals surface area contributed by atoms with Gasteiger partial charge in [-0.05, 0) is 28.7 Å². The number of hydrogen-bond donors (Lipinski definition) is 1. The van der Waals surface area contributed by atoms with Crippen molar-refractivity contribution in [1.82, 2.24) is 14.7 Å². The largest absolute Gasteiger partial charge is 0.394 e. The van der Waals surface area contributed by atoms with E-state index in [0.29, 0.717) is 13.2 Å². The molecule has 0 spiro atoms. The summed E-state index contributed by atoms with van der Waals surface area (Å²) in [6.45, 7) is 2.73. The van der Waals surface area contributed by atoms with Crippen LogP contribution in [0.2, 0.25) is 0 Å². The van der Waals surface area contributed by atoms with E-state index in [4.69, 9.17) is 0 Å². The monoisotopic (exact) mass is 517 g/mol. The standard InChI is InChI=1S/C34H35N3O2/c38-25-31-24-35(23-27-13-5-1-6-14-27)26-36(31)33(39)32-21-22-37(32)34(28-15-7-2-8-16-28,29-17-9-3-10-18-29)30-19-11-4-12-20-30/h1-20,31-32,38H,21-26H2/t31-,32-/m1/s1. The van der Waals surface area contributed by atoms with E-state index in [9.17, 15) is 9.90 Å². The minimum atomic E-state index is -0.611. The molecular weight excluding hydrogens is 482 g/mol. The molecule has 0 bridgehead atoms. The predicted octanol–water partition coefficient (Wildman–Crippen LogP) is 4.72. The maximum absolute atomic E-state index is 14.3. The summed E-state index contributed by atoms with van der Waals surface area (Å²) in [6.07, 6.45) is 0.792. The van der Waals surface area contributed by atoms with Crippen LogP contribution >= 0.6 is 0 Å². The van der Waals surface area contributed by atoms with Crippen molar-refractivity contribution in [3.05, 3.63) is 144 Å². The normalized spacial score (nSPS) is 20.1. The van der Waals surface area contributed by atoms with Gasteiger partial charge in [0.1, 0.15) is 0 Å². The van der Waals surface area contributed by atoms with Gasteiger partial charge in [-0.25, -0.2) is 0 Å². The minimum absolute atomic E-state index is 0.0368. The van der Waals surface area contributed by atoms with Crippen molar-refractivity contribution in [3.8, 4) is 0 Å². The van der Waals surface area contributed by atoms with E-state index < -0.39 is 5.54 Å². The Morgan fingerprint density at radius 1 is 0.744 bits per heavy atom. The van der Waals surface area contributed by atoms with E-state index >= 15 is 0 Å². The van der Waals surface area contributed by atoms with E-state index in [1.165, 1.54) is 5.56 Å². The Morgan fingerprint density at radius 3 is 1.67 bits per heavy atom. The Kier molecular flexibility index (Phi) is 7.29. The van der Waals surface area contributed by atoms with Crippen LogP contribution in [0.4, 0.5) is 0 Å². The van der Waals surface area contributed by atoms with Gasteiger partial charge in [0, 0.05) is 19.6 Å². The van der Waals surface area contributed by atoms with E-state index in [-0.39, 0.29) is 24.6 Å². The van der Waals surface area contributed by atoms with Gasteiger partial charge in [0.15, 0.2) is 0 Å². The molecule has 6 rings (SSSR count).